The van der Waals surface area contributed by atoms with Crippen molar-refractivity contribution in [2.24, 2.45) is 5.73 Å². The highest BCUT2D eigenvalue weighted by Gasteiger charge is 2.06. The fraction of sp³-hybridized carbons (Fsp3) is 0.133. The number of rotatable bonds is 4. The van der Waals surface area contributed by atoms with E-state index in [-0.39, 0.29) is 5.69 Å². The Morgan fingerprint density at radius 1 is 1.20 bits per heavy atom. The minimum atomic E-state index is -0.516. The van der Waals surface area contributed by atoms with Gasteiger partial charge < -0.3 is 11.1 Å². The van der Waals surface area contributed by atoms with Gasteiger partial charge in [0.1, 0.15) is 11.6 Å². The van der Waals surface area contributed by atoms with Crippen LogP contribution in [0.5, 0.6) is 0 Å². The molecule has 0 aliphatic carbocycles. The summed E-state index contributed by atoms with van der Waals surface area (Å²) >= 11 is 0. The molecule has 2 rings (SSSR count). The molecule has 0 aliphatic rings. The molecule has 0 saturated heterocycles. The fourth-order valence-corrected chi connectivity index (χ4v) is 1.87. The van der Waals surface area contributed by atoms with Crippen LogP contribution < -0.4 is 11.1 Å². The van der Waals surface area contributed by atoms with Crippen LogP contribution >= 0.6 is 0 Å². The van der Waals surface area contributed by atoms with E-state index in [4.69, 9.17) is 5.73 Å². The summed E-state index contributed by atoms with van der Waals surface area (Å²) in [6, 6.07) is 8.24. The van der Waals surface area contributed by atoms with Crippen molar-refractivity contribution < 1.29 is 13.6 Å². The maximum atomic E-state index is 13.5. The van der Waals surface area contributed by atoms with Crippen molar-refractivity contribution in [1.82, 2.24) is 0 Å². The third-order valence-corrected chi connectivity index (χ3v) is 3.02. The number of hydrogen-bond donors (Lipinski definition) is 2. The molecule has 0 aromatic heterocycles. The molecule has 0 spiro atoms. The molecule has 0 atom stereocenters. The molecule has 5 heteroatoms. The largest absolute Gasteiger partial charge is 0.379 e. The maximum Gasteiger partial charge on any atom is 0.248 e. The monoisotopic (exact) mass is 276 g/mol. The zero-order valence-corrected chi connectivity index (χ0v) is 10.9. The molecule has 0 saturated carbocycles. The van der Waals surface area contributed by atoms with Crippen molar-refractivity contribution in [2.75, 3.05) is 5.32 Å². The van der Waals surface area contributed by atoms with Crippen LogP contribution in [0.1, 0.15) is 21.5 Å². The molecule has 1 amide bonds. The molecule has 0 aliphatic heterocycles. The van der Waals surface area contributed by atoms with Gasteiger partial charge in [0.05, 0.1) is 5.69 Å². The molecule has 2 aromatic rings. The summed E-state index contributed by atoms with van der Waals surface area (Å²) in [4.78, 5) is 11.0. The molecule has 104 valence electrons. The van der Waals surface area contributed by atoms with Gasteiger partial charge in [-0.3, -0.25) is 4.79 Å². The molecule has 3 nitrogen and oxygen atoms in total. The number of nitrogens with one attached hydrogen (secondary N) is 1. The molecule has 20 heavy (non-hydrogen) atoms. The first-order valence-electron chi connectivity index (χ1n) is 6.05. The van der Waals surface area contributed by atoms with E-state index in [1.807, 2.05) is 6.92 Å². The lowest BCUT2D eigenvalue weighted by atomic mass is 10.0. The van der Waals surface area contributed by atoms with E-state index in [0.717, 1.165) is 29.3 Å². The smallest absolute Gasteiger partial charge is 0.248 e. The summed E-state index contributed by atoms with van der Waals surface area (Å²) in [5.74, 6) is -1.52. The topological polar surface area (TPSA) is 55.1 Å². The zero-order chi connectivity index (χ0) is 14.7. The first kappa shape index (κ1) is 14.0. The Kier molecular flexibility index (Phi) is 3.98. The lowest BCUT2D eigenvalue weighted by molar-refractivity contribution is 0.1000. The van der Waals surface area contributed by atoms with Crippen molar-refractivity contribution in [2.45, 2.75) is 13.5 Å². The number of amides is 1. The number of nitrogens with two attached hydrogens (primary N) is 1. The summed E-state index contributed by atoms with van der Waals surface area (Å²) in [6.45, 7) is 2.15. The van der Waals surface area contributed by atoms with Gasteiger partial charge in [0.25, 0.3) is 0 Å². The number of benzene rings is 2. The number of aryl methyl sites for hydroxylation is 1. The molecule has 0 heterocycles. The van der Waals surface area contributed by atoms with Gasteiger partial charge >= 0.3 is 0 Å². The van der Waals surface area contributed by atoms with Gasteiger partial charge in [0.15, 0.2) is 0 Å². The van der Waals surface area contributed by atoms with E-state index >= 15 is 0 Å². The van der Waals surface area contributed by atoms with Gasteiger partial charge in [-0.25, -0.2) is 8.78 Å². The van der Waals surface area contributed by atoms with E-state index in [9.17, 15) is 13.6 Å². The van der Waals surface area contributed by atoms with Crippen molar-refractivity contribution in [3.63, 3.8) is 0 Å². The number of carbonyl (C=O) groups excluding carboxylic acids is 1. The van der Waals surface area contributed by atoms with Crippen molar-refractivity contribution in [1.29, 1.82) is 0 Å². The Morgan fingerprint density at radius 3 is 2.60 bits per heavy atom. The van der Waals surface area contributed by atoms with Gasteiger partial charge in [-0.15, -0.1) is 0 Å². The highest BCUT2D eigenvalue weighted by Crippen LogP contribution is 2.18. The molecule has 2 aromatic carbocycles. The molecule has 0 fully saturated rings. The highest BCUT2D eigenvalue weighted by atomic mass is 19.1. The van der Waals surface area contributed by atoms with Crippen molar-refractivity contribution in [3.8, 4) is 0 Å². The Hall–Kier alpha value is -2.43. The molecule has 0 bridgehead atoms. The lowest BCUT2D eigenvalue weighted by Crippen LogP contribution is -2.12. The van der Waals surface area contributed by atoms with Crippen LogP contribution in [0.4, 0.5) is 14.5 Å². The number of anilines is 1. The van der Waals surface area contributed by atoms with Crippen LogP contribution in [0.2, 0.25) is 0 Å². The van der Waals surface area contributed by atoms with Crippen LogP contribution in [0.3, 0.4) is 0 Å². The predicted octanol–water partition coefficient (Wildman–Crippen LogP) is 2.98. The minimum absolute atomic E-state index is 0.100. The second kappa shape index (κ2) is 5.69. The number of carbonyl (C=O) groups is 1. The zero-order valence-electron chi connectivity index (χ0n) is 10.9. The van der Waals surface area contributed by atoms with E-state index in [2.05, 4.69) is 5.32 Å². The minimum Gasteiger partial charge on any atom is -0.379 e. The predicted molar refractivity (Wildman–Crippen MR) is 73.4 cm³/mol. The molecule has 0 unspecified atom stereocenters. The summed E-state index contributed by atoms with van der Waals surface area (Å²) in [5, 5.41) is 2.83. The third-order valence-electron chi connectivity index (χ3n) is 3.02. The third kappa shape index (κ3) is 3.12. The molecule has 3 N–H and O–H groups in total. The van der Waals surface area contributed by atoms with Crippen LogP contribution in [-0.2, 0) is 6.54 Å². The average Bonchev–Trinajstić information content (AvgIpc) is 2.40. The second-order valence-corrected chi connectivity index (χ2v) is 4.48. The van der Waals surface area contributed by atoms with Gasteiger partial charge in [-0.1, -0.05) is 6.07 Å². The SMILES string of the molecule is Cc1cc(C(N)=O)ccc1CNc1cc(F)ccc1F. The fourth-order valence-electron chi connectivity index (χ4n) is 1.87. The van der Waals surface area contributed by atoms with Gasteiger partial charge in [0.2, 0.25) is 5.91 Å². The summed E-state index contributed by atoms with van der Waals surface area (Å²) in [7, 11) is 0. The highest BCUT2D eigenvalue weighted by molar-refractivity contribution is 5.93. The number of primary amides is 1. The van der Waals surface area contributed by atoms with Crippen LogP contribution in [0, 0.1) is 18.6 Å². The first-order valence-corrected chi connectivity index (χ1v) is 6.05. The lowest BCUT2D eigenvalue weighted by Gasteiger charge is -2.10. The van der Waals surface area contributed by atoms with E-state index in [1.54, 1.807) is 18.2 Å². The van der Waals surface area contributed by atoms with Crippen molar-refractivity contribution in [3.05, 3.63) is 64.7 Å². The average molecular weight is 276 g/mol. The van der Waals surface area contributed by atoms with Crippen LogP contribution in [0.25, 0.3) is 0 Å². The second-order valence-electron chi connectivity index (χ2n) is 4.48. The molecule has 0 radical (unpaired) electrons. The number of hydrogen-bond acceptors (Lipinski definition) is 2. The van der Waals surface area contributed by atoms with Crippen LogP contribution in [-0.4, -0.2) is 5.91 Å². The standard InChI is InChI=1S/C15H14F2N2O/c1-9-6-10(15(18)20)2-3-11(9)8-19-14-7-12(16)4-5-13(14)17/h2-7,19H,8H2,1H3,(H2,18,20). The molecular weight excluding hydrogens is 262 g/mol. The van der Waals surface area contributed by atoms with Gasteiger partial charge in [-0.2, -0.15) is 0 Å². The van der Waals surface area contributed by atoms with E-state index in [1.165, 1.54) is 0 Å². The summed E-state index contributed by atoms with van der Waals surface area (Å²) in [6.07, 6.45) is 0. The first-order chi connectivity index (χ1) is 9.47. The van der Waals surface area contributed by atoms with Gasteiger partial charge in [-0.05, 0) is 48.4 Å². The van der Waals surface area contributed by atoms with Crippen molar-refractivity contribution >= 4 is 11.6 Å². The quantitative estimate of drug-likeness (QED) is 0.902. The summed E-state index contributed by atoms with van der Waals surface area (Å²) < 4.78 is 26.5. The Morgan fingerprint density at radius 2 is 1.95 bits per heavy atom. The maximum absolute atomic E-state index is 13.5. The van der Waals surface area contributed by atoms with E-state index < -0.39 is 17.5 Å². The Bertz CT molecular complexity index is 656. The van der Waals surface area contributed by atoms with E-state index in [0.29, 0.717) is 12.1 Å². The van der Waals surface area contributed by atoms with Gasteiger partial charge in [0, 0.05) is 12.1 Å². The Balaban J connectivity index is 2.15. The van der Waals surface area contributed by atoms with Crippen LogP contribution in [0.15, 0.2) is 36.4 Å². The summed E-state index contributed by atoms with van der Waals surface area (Å²) in [5.41, 5.74) is 7.43. The Labute approximate surface area is 115 Å². The normalized spacial score (nSPS) is 10.3. The molecular formula is C15H14F2N2O. The number of halogens is 2.